The first-order valence-electron chi connectivity index (χ1n) is 13.5. The lowest BCUT2D eigenvalue weighted by molar-refractivity contribution is -0.137. The monoisotopic (exact) mass is 570 g/mol. The van der Waals surface area contributed by atoms with Crippen LogP contribution >= 0.6 is 0 Å². The van der Waals surface area contributed by atoms with Crippen LogP contribution in [0.5, 0.6) is 5.75 Å². The van der Waals surface area contributed by atoms with E-state index in [0.29, 0.717) is 28.1 Å². The zero-order valence-corrected chi connectivity index (χ0v) is 23.0. The van der Waals surface area contributed by atoms with E-state index in [1.807, 2.05) is 48.5 Å². The van der Waals surface area contributed by atoms with E-state index < -0.39 is 17.6 Å². The molecule has 6 nitrogen and oxygen atoms in total. The van der Waals surface area contributed by atoms with Gasteiger partial charge in [0.15, 0.2) is 0 Å². The molecule has 1 aliphatic rings. The van der Waals surface area contributed by atoms with Crippen LogP contribution < -0.4 is 15.0 Å². The molecular weight excluding hydrogens is 541 g/mol. The zero-order chi connectivity index (χ0) is 29.7. The van der Waals surface area contributed by atoms with Gasteiger partial charge >= 0.3 is 6.18 Å². The molecule has 0 aromatic heterocycles. The van der Waals surface area contributed by atoms with Crippen LogP contribution in [0.4, 0.5) is 24.5 Å². The Balaban J connectivity index is 1.24. The summed E-state index contributed by atoms with van der Waals surface area (Å²) in [5.74, 6) is -0.0136. The molecular formula is C33H29F3N4O2. The summed E-state index contributed by atoms with van der Waals surface area (Å²) >= 11 is 0. The van der Waals surface area contributed by atoms with E-state index in [-0.39, 0.29) is 5.56 Å². The van der Waals surface area contributed by atoms with Crippen molar-refractivity contribution in [3.63, 3.8) is 0 Å². The number of piperazine rings is 1. The number of hydrogen-bond acceptors (Lipinski definition) is 5. The largest absolute Gasteiger partial charge is 0.496 e. The molecule has 214 valence electrons. The number of rotatable bonds is 7. The number of carbonyl (C=O) groups is 1. The summed E-state index contributed by atoms with van der Waals surface area (Å²) in [5.41, 5.74) is 3.82. The minimum atomic E-state index is -4.45. The Hall–Kier alpha value is -4.81. The predicted octanol–water partition coefficient (Wildman–Crippen LogP) is 6.83. The number of hydrogen-bond donors (Lipinski definition) is 1. The molecule has 0 radical (unpaired) electrons. The average molecular weight is 571 g/mol. The molecule has 0 aliphatic carbocycles. The number of ether oxygens (including phenoxy) is 1. The first kappa shape index (κ1) is 28.7. The molecule has 4 aromatic carbocycles. The Labute approximate surface area is 242 Å². The topological polar surface area (TPSA) is 68.6 Å². The Morgan fingerprint density at radius 1 is 0.929 bits per heavy atom. The van der Waals surface area contributed by atoms with Gasteiger partial charge in [-0.1, -0.05) is 30.3 Å². The van der Waals surface area contributed by atoms with Crippen molar-refractivity contribution in [2.24, 2.45) is 0 Å². The number of methoxy groups -OCH3 is 1. The molecule has 0 spiro atoms. The smallest absolute Gasteiger partial charge is 0.416 e. The van der Waals surface area contributed by atoms with Crippen molar-refractivity contribution in [2.75, 3.05) is 43.5 Å². The van der Waals surface area contributed by atoms with E-state index in [1.54, 1.807) is 18.2 Å². The van der Waals surface area contributed by atoms with Crippen LogP contribution in [0.25, 0.3) is 11.1 Å². The molecule has 0 atom stereocenters. The molecule has 1 heterocycles. The first-order valence-corrected chi connectivity index (χ1v) is 13.5. The highest BCUT2D eigenvalue weighted by Gasteiger charge is 2.30. The Kier molecular flexibility index (Phi) is 8.46. The van der Waals surface area contributed by atoms with E-state index >= 15 is 0 Å². The molecule has 1 amide bonds. The standard InChI is InChI=1S/C33H29F3N4O2/c1-42-30-7-3-6-29(31(30)25-8-10-26(11-9-25)33(34,35)36)32(41)38-27-12-14-28(15-13-27)40-18-16-39(17-19-40)22-24-5-2-4-23(20-24)21-37/h2-15,20H,16-19,22H2,1H3,(H,38,41). The van der Waals surface area contributed by atoms with Crippen LogP contribution in [0.3, 0.4) is 0 Å². The van der Waals surface area contributed by atoms with Crippen LogP contribution in [-0.2, 0) is 12.7 Å². The third-order valence-corrected chi connectivity index (χ3v) is 7.32. The molecule has 1 saturated heterocycles. The van der Waals surface area contributed by atoms with Gasteiger partial charge in [0.25, 0.3) is 5.91 Å². The predicted molar refractivity (Wildman–Crippen MR) is 156 cm³/mol. The molecule has 9 heteroatoms. The van der Waals surface area contributed by atoms with Crippen LogP contribution in [-0.4, -0.2) is 44.1 Å². The molecule has 0 unspecified atom stereocenters. The number of halogens is 3. The van der Waals surface area contributed by atoms with Gasteiger partial charge in [0.1, 0.15) is 5.75 Å². The van der Waals surface area contributed by atoms with Gasteiger partial charge in [0.2, 0.25) is 0 Å². The SMILES string of the molecule is COc1cccc(C(=O)Nc2ccc(N3CCN(Cc4cccc(C#N)c4)CC3)cc2)c1-c1ccc(C(F)(F)F)cc1. The van der Waals surface area contributed by atoms with E-state index in [0.717, 1.165) is 56.1 Å². The van der Waals surface area contributed by atoms with Gasteiger partial charge in [0.05, 0.1) is 29.9 Å². The normalized spacial score (nSPS) is 13.8. The Morgan fingerprint density at radius 3 is 2.26 bits per heavy atom. The highest BCUT2D eigenvalue weighted by molar-refractivity contribution is 6.09. The number of benzene rings is 4. The van der Waals surface area contributed by atoms with E-state index in [4.69, 9.17) is 10.00 Å². The van der Waals surface area contributed by atoms with Gasteiger partial charge in [-0.2, -0.15) is 18.4 Å². The third kappa shape index (κ3) is 6.56. The second kappa shape index (κ2) is 12.4. The summed E-state index contributed by atoms with van der Waals surface area (Å²) in [4.78, 5) is 18.0. The van der Waals surface area contributed by atoms with Gasteiger partial charge in [-0.3, -0.25) is 9.69 Å². The number of amides is 1. The molecule has 4 aromatic rings. The van der Waals surface area contributed by atoms with Crippen LogP contribution in [0.2, 0.25) is 0 Å². The molecule has 1 aliphatic heterocycles. The molecule has 5 rings (SSSR count). The number of carbonyl (C=O) groups excluding carboxylic acids is 1. The van der Waals surface area contributed by atoms with Crippen molar-refractivity contribution in [3.05, 3.63) is 113 Å². The molecule has 1 fully saturated rings. The average Bonchev–Trinajstić information content (AvgIpc) is 3.01. The van der Waals surface area contributed by atoms with Crippen LogP contribution in [0.1, 0.15) is 27.0 Å². The van der Waals surface area contributed by atoms with Crippen molar-refractivity contribution in [1.29, 1.82) is 5.26 Å². The lowest BCUT2D eigenvalue weighted by Gasteiger charge is -2.36. The van der Waals surface area contributed by atoms with Gasteiger partial charge in [0, 0.05) is 49.7 Å². The summed E-state index contributed by atoms with van der Waals surface area (Å²) in [6, 6.07) is 27.1. The second-order valence-electron chi connectivity index (χ2n) is 10.0. The first-order chi connectivity index (χ1) is 20.2. The molecule has 1 N–H and O–H groups in total. The van der Waals surface area contributed by atoms with Gasteiger partial charge in [-0.15, -0.1) is 0 Å². The van der Waals surface area contributed by atoms with Crippen molar-refractivity contribution in [2.45, 2.75) is 12.7 Å². The highest BCUT2D eigenvalue weighted by atomic mass is 19.4. The van der Waals surface area contributed by atoms with Gasteiger partial charge in [-0.25, -0.2) is 0 Å². The zero-order valence-electron chi connectivity index (χ0n) is 23.0. The summed E-state index contributed by atoms with van der Waals surface area (Å²) in [7, 11) is 1.45. The Morgan fingerprint density at radius 2 is 1.62 bits per heavy atom. The third-order valence-electron chi connectivity index (χ3n) is 7.32. The van der Waals surface area contributed by atoms with E-state index in [9.17, 15) is 18.0 Å². The molecule has 0 saturated carbocycles. The van der Waals surface area contributed by atoms with Crippen molar-refractivity contribution in [1.82, 2.24) is 4.90 Å². The van der Waals surface area contributed by atoms with Crippen LogP contribution in [0, 0.1) is 11.3 Å². The summed E-state index contributed by atoms with van der Waals surface area (Å²) < 4.78 is 44.7. The van der Waals surface area contributed by atoms with Crippen molar-refractivity contribution in [3.8, 4) is 22.9 Å². The molecule has 42 heavy (non-hydrogen) atoms. The number of anilines is 2. The minimum absolute atomic E-state index is 0.287. The van der Waals surface area contributed by atoms with Crippen LogP contribution in [0.15, 0.2) is 91.0 Å². The lowest BCUT2D eigenvalue weighted by Crippen LogP contribution is -2.45. The maximum absolute atomic E-state index is 13.3. The fourth-order valence-corrected chi connectivity index (χ4v) is 5.13. The lowest BCUT2D eigenvalue weighted by atomic mass is 9.96. The van der Waals surface area contributed by atoms with Crippen molar-refractivity contribution < 1.29 is 22.7 Å². The van der Waals surface area contributed by atoms with Gasteiger partial charge in [-0.05, 0) is 71.8 Å². The number of alkyl halides is 3. The summed E-state index contributed by atoms with van der Waals surface area (Å²) in [6.07, 6.45) is -4.45. The summed E-state index contributed by atoms with van der Waals surface area (Å²) in [5, 5.41) is 12.0. The quantitative estimate of drug-likeness (QED) is 0.264. The number of nitriles is 1. The molecule has 0 bridgehead atoms. The van der Waals surface area contributed by atoms with E-state index in [1.165, 1.54) is 19.2 Å². The van der Waals surface area contributed by atoms with E-state index in [2.05, 4.69) is 21.2 Å². The minimum Gasteiger partial charge on any atom is -0.496 e. The second-order valence-corrected chi connectivity index (χ2v) is 10.0. The maximum Gasteiger partial charge on any atom is 0.416 e. The number of nitrogens with zero attached hydrogens (tertiary/aromatic N) is 3. The Bertz CT molecular complexity index is 1590. The fraction of sp³-hybridized carbons (Fsp3) is 0.212. The summed E-state index contributed by atoms with van der Waals surface area (Å²) in [6.45, 7) is 4.27. The highest BCUT2D eigenvalue weighted by Crippen LogP contribution is 2.36. The maximum atomic E-state index is 13.3. The fourth-order valence-electron chi connectivity index (χ4n) is 5.13. The van der Waals surface area contributed by atoms with Crippen molar-refractivity contribution >= 4 is 17.3 Å². The van der Waals surface area contributed by atoms with Gasteiger partial charge < -0.3 is 15.0 Å². The number of nitrogens with one attached hydrogen (secondary N) is 1.